The van der Waals surface area contributed by atoms with E-state index in [1.807, 2.05) is 72.8 Å². The van der Waals surface area contributed by atoms with Gasteiger partial charge in [-0.05, 0) is 72.3 Å². The van der Waals surface area contributed by atoms with Gasteiger partial charge in [0, 0.05) is 65.0 Å². The minimum Gasteiger partial charge on any atom is -0.491 e. The molecule has 0 saturated carbocycles. The Morgan fingerprint density at radius 3 is 2.27 bits per heavy atom. The monoisotopic (exact) mass is 583 g/mol. The Hall–Kier alpha value is -3.61. The predicted molar refractivity (Wildman–Crippen MR) is 169 cm³/mol. The summed E-state index contributed by atoms with van der Waals surface area (Å²) in [4.78, 5) is 9.59. The van der Waals surface area contributed by atoms with Crippen LogP contribution >= 0.6 is 23.2 Å². The van der Waals surface area contributed by atoms with Gasteiger partial charge in [0.15, 0.2) is 0 Å². The Bertz CT molecular complexity index is 1620. The van der Waals surface area contributed by atoms with Gasteiger partial charge in [0.1, 0.15) is 18.5 Å². The Kier molecular flexibility index (Phi) is 8.40. The van der Waals surface area contributed by atoms with Crippen molar-refractivity contribution in [2.45, 2.75) is 6.10 Å². The molecule has 41 heavy (non-hydrogen) atoms. The fraction of sp³-hybridized carbons (Fsp3) is 0.206. The summed E-state index contributed by atoms with van der Waals surface area (Å²) in [5.74, 6) is 0.709. The number of ether oxygens (including phenoxy) is 1. The lowest BCUT2D eigenvalue weighted by atomic mass is 9.98. The summed E-state index contributed by atoms with van der Waals surface area (Å²) in [6.45, 7) is 4.57. The molecule has 1 aliphatic rings. The van der Waals surface area contributed by atoms with Crippen LogP contribution in [-0.2, 0) is 0 Å². The van der Waals surface area contributed by atoms with Crippen molar-refractivity contribution in [3.8, 4) is 28.1 Å². The Labute approximate surface area is 250 Å². The zero-order chi connectivity index (χ0) is 28.2. The number of pyridine rings is 1. The molecule has 1 N–H and O–H groups in total. The maximum Gasteiger partial charge on any atom is 0.119 e. The lowest BCUT2D eigenvalue weighted by molar-refractivity contribution is 0.0663. The van der Waals surface area contributed by atoms with Crippen LogP contribution in [0.25, 0.3) is 33.3 Å². The Morgan fingerprint density at radius 1 is 0.780 bits per heavy atom. The van der Waals surface area contributed by atoms with Gasteiger partial charge in [-0.15, -0.1) is 0 Å². The molecule has 0 bridgehead atoms. The van der Waals surface area contributed by atoms with E-state index >= 15 is 0 Å². The third-order valence-electron chi connectivity index (χ3n) is 7.49. The van der Waals surface area contributed by atoms with E-state index in [9.17, 15) is 5.11 Å². The lowest BCUT2D eigenvalue weighted by Crippen LogP contribution is -2.49. The molecule has 1 unspecified atom stereocenters. The summed E-state index contributed by atoms with van der Waals surface area (Å²) in [6, 6.07) is 33.9. The smallest absolute Gasteiger partial charge is 0.119 e. The number of piperazine rings is 1. The molecular weight excluding hydrogens is 553 g/mol. The number of hydrogen-bond acceptors (Lipinski definition) is 5. The molecule has 1 atom stereocenters. The van der Waals surface area contributed by atoms with Gasteiger partial charge in [0.05, 0.1) is 11.2 Å². The molecule has 5 aromatic rings. The first kappa shape index (κ1) is 27.6. The second-order valence-corrected chi connectivity index (χ2v) is 11.2. The number of anilines is 1. The van der Waals surface area contributed by atoms with Crippen LogP contribution in [-0.4, -0.2) is 60.4 Å². The third-order valence-corrected chi connectivity index (χ3v) is 8.05. The first-order valence-electron chi connectivity index (χ1n) is 13.8. The molecule has 6 rings (SSSR count). The molecule has 5 nitrogen and oxygen atoms in total. The van der Waals surface area contributed by atoms with Crippen LogP contribution in [0.3, 0.4) is 0 Å². The molecule has 1 fully saturated rings. The number of rotatable bonds is 8. The van der Waals surface area contributed by atoms with Gasteiger partial charge in [0.2, 0.25) is 0 Å². The highest BCUT2D eigenvalue weighted by Gasteiger charge is 2.20. The number of para-hydroxylation sites is 1. The standard InChI is InChI=1S/C34H31Cl2N3O2/c35-25-12-15-33-31(20-25)30(29-8-4-5-9-32(29)36)21-34(37-33)24-10-13-28(14-11-24)41-23-27(40)22-38-16-18-39(19-17-38)26-6-2-1-3-7-26/h1-15,20-21,27,40H,16-19,22-23H2. The van der Waals surface area contributed by atoms with Crippen molar-refractivity contribution in [3.63, 3.8) is 0 Å². The van der Waals surface area contributed by atoms with E-state index in [0.29, 0.717) is 22.3 Å². The van der Waals surface area contributed by atoms with E-state index in [1.54, 1.807) is 0 Å². The zero-order valence-electron chi connectivity index (χ0n) is 22.6. The highest BCUT2D eigenvalue weighted by atomic mass is 35.5. The number of hydrogen-bond donors (Lipinski definition) is 1. The minimum atomic E-state index is -0.565. The number of fused-ring (bicyclic) bond motifs is 1. The summed E-state index contributed by atoms with van der Waals surface area (Å²) < 4.78 is 5.94. The quantitative estimate of drug-likeness (QED) is 0.206. The molecule has 0 amide bonds. The number of aromatic nitrogens is 1. The summed E-state index contributed by atoms with van der Waals surface area (Å²) in [7, 11) is 0. The fourth-order valence-electron chi connectivity index (χ4n) is 5.34. The number of aliphatic hydroxyl groups is 1. The second-order valence-electron chi connectivity index (χ2n) is 10.3. The molecule has 1 aliphatic heterocycles. The van der Waals surface area contributed by atoms with Gasteiger partial charge >= 0.3 is 0 Å². The van der Waals surface area contributed by atoms with Gasteiger partial charge in [-0.3, -0.25) is 4.90 Å². The van der Waals surface area contributed by atoms with Crippen molar-refractivity contribution in [1.82, 2.24) is 9.88 Å². The van der Waals surface area contributed by atoms with Crippen molar-refractivity contribution in [2.24, 2.45) is 0 Å². The number of aliphatic hydroxyl groups excluding tert-OH is 1. The van der Waals surface area contributed by atoms with Gasteiger partial charge < -0.3 is 14.7 Å². The second kappa shape index (κ2) is 12.5. The molecule has 0 radical (unpaired) electrons. The maximum absolute atomic E-state index is 10.6. The summed E-state index contributed by atoms with van der Waals surface area (Å²) in [5, 5.41) is 12.9. The molecule has 7 heteroatoms. The van der Waals surface area contributed by atoms with Crippen LogP contribution in [0, 0.1) is 0 Å². The summed E-state index contributed by atoms with van der Waals surface area (Å²) >= 11 is 12.9. The summed E-state index contributed by atoms with van der Waals surface area (Å²) in [6.07, 6.45) is -0.565. The summed E-state index contributed by atoms with van der Waals surface area (Å²) in [5.41, 5.74) is 5.79. The molecule has 1 aromatic heterocycles. The first-order valence-corrected chi connectivity index (χ1v) is 14.6. The molecule has 2 heterocycles. The average molecular weight is 585 g/mol. The van der Waals surface area contributed by atoms with Crippen LogP contribution in [0.5, 0.6) is 5.75 Å². The Morgan fingerprint density at radius 2 is 1.51 bits per heavy atom. The van der Waals surface area contributed by atoms with E-state index in [2.05, 4.69) is 40.1 Å². The van der Waals surface area contributed by atoms with E-state index in [4.69, 9.17) is 32.9 Å². The number of β-amino-alcohol motifs (C(OH)–C–C–N with tert-alkyl or cyclic N) is 1. The maximum atomic E-state index is 10.6. The normalized spacial score (nSPS) is 14.8. The minimum absolute atomic E-state index is 0.240. The van der Waals surface area contributed by atoms with Gasteiger partial charge in [-0.2, -0.15) is 0 Å². The lowest BCUT2D eigenvalue weighted by Gasteiger charge is -2.36. The van der Waals surface area contributed by atoms with Crippen molar-refractivity contribution in [1.29, 1.82) is 0 Å². The largest absolute Gasteiger partial charge is 0.491 e. The van der Waals surface area contributed by atoms with Crippen LogP contribution in [0.1, 0.15) is 0 Å². The molecule has 1 saturated heterocycles. The first-order chi connectivity index (χ1) is 20.0. The van der Waals surface area contributed by atoms with Crippen molar-refractivity contribution in [3.05, 3.63) is 113 Å². The molecule has 4 aromatic carbocycles. The molecular formula is C34H31Cl2N3O2. The van der Waals surface area contributed by atoms with Gasteiger partial charge in [-0.1, -0.05) is 59.6 Å². The number of nitrogens with zero attached hydrogens (tertiary/aromatic N) is 3. The molecule has 208 valence electrons. The van der Waals surface area contributed by atoms with E-state index in [-0.39, 0.29) is 6.61 Å². The fourth-order valence-corrected chi connectivity index (χ4v) is 5.75. The predicted octanol–water partition coefficient (Wildman–Crippen LogP) is 7.44. The molecule has 0 aliphatic carbocycles. The highest BCUT2D eigenvalue weighted by Crippen LogP contribution is 2.37. The van der Waals surface area contributed by atoms with Crippen molar-refractivity contribution >= 4 is 39.8 Å². The topological polar surface area (TPSA) is 48.8 Å². The third kappa shape index (κ3) is 6.50. The van der Waals surface area contributed by atoms with Crippen molar-refractivity contribution < 1.29 is 9.84 Å². The number of benzene rings is 4. The Balaban J connectivity index is 1.10. The van der Waals surface area contributed by atoms with Crippen LogP contribution < -0.4 is 9.64 Å². The SMILES string of the molecule is OC(COc1ccc(-c2cc(-c3ccccc3Cl)c3cc(Cl)ccc3n2)cc1)CN1CCN(c2ccccc2)CC1. The van der Waals surface area contributed by atoms with Gasteiger partial charge in [-0.25, -0.2) is 4.98 Å². The van der Waals surface area contributed by atoms with Crippen LogP contribution in [0.15, 0.2) is 103 Å². The van der Waals surface area contributed by atoms with Crippen LogP contribution in [0.4, 0.5) is 5.69 Å². The van der Waals surface area contributed by atoms with Gasteiger partial charge in [0.25, 0.3) is 0 Å². The zero-order valence-corrected chi connectivity index (χ0v) is 24.1. The highest BCUT2D eigenvalue weighted by molar-refractivity contribution is 6.34. The van der Waals surface area contributed by atoms with Crippen LogP contribution in [0.2, 0.25) is 10.0 Å². The van der Waals surface area contributed by atoms with E-state index < -0.39 is 6.10 Å². The average Bonchev–Trinajstić information content (AvgIpc) is 3.01. The van der Waals surface area contributed by atoms with Crippen molar-refractivity contribution in [2.75, 3.05) is 44.2 Å². The number of halogens is 2. The van der Waals surface area contributed by atoms with E-state index in [1.165, 1.54) is 5.69 Å². The molecule has 0 spiro atoms. The van der Waals surface area contributed by atoms with E-state index in [0.717, 1.165) is 59.5 Å².